The maximum Gasteiger partial charge on any atom is 0.296 e. The van der Waals surface area contributed by atoms with Gasteiger partial charge in [-0.1, -0.05) is 30.3 Å². The molecule has 0 aliphatic rings. The van der Waals surface area contributed by atoms with Crippen molar-refractivity contribution in [2.45, 2.75) is 12.5 Å². The van der Waals surface area contributed by atoms with Gasteiger partial charge in [-0.3, -0.25) is 4.79 Å². The van der Waals surface area contributed by atoms with Crippen molar-refractivity contribution in [1.82, 2.24) is 10.3 Å². The van der Waals surface area contributed by atoms with Crippen LogP contribution >= 0.6 is 0 Å². The van der Waals surface area contributed by atoms with Crippen LogP contribution in [0.15, 0.2) is 64.9 Å². The van der Waals surface area contributed by atoms with Gasteiger partial charge in [-0.25, -0.2) is 4.39 Å². The average molecular weight is 398 g/mol. The minimum atomic E-state index is -0.548. The Balaban J connectivity index is 1.74. The van der Waals surface area contributed by atoms with Crippen molar-refractivity contribution in [3.63, 3.8) is 0 Å². The minimum absolute atomic E-state index is 0.0492. The zero-order valence-corrected chi connectivity index (χ0v) is 16.0. The third kappa shape index (κ3) is 5.32. The molecule has 3 rings (SSSR count). The molecular formula is C21H23FN4O3. The van der Waals surface area contributed by atoms with Crippen molar-refractivity contribution in [3.8, 4) is 5.75 Å². The Hall–Kier alpha value is -3.39. The van der Waals surface area contributed by atoms with E-state index in [1.807, 2.05) is 30.3 Å². The highest BCUT2D eigenvalue weighted by atomic mass is 19.1. The number of carbonyl (C=O) groups excluding carboxylic acids is 1. The van der Waals surface area contributed by atoms with Gasteiger partial charge in [0.1, 0.15) is 23.9 Å². The summed E-state index contributed by atoms with van der Waals surface area (Å²) in [5, 5.41) is 5.70. The molecule has 8 heteroatoms. The van der Waals surface area contributed by atoms with Crippen LogP contribution in [0.4, 0.5) is 10.4 Å². The molecule has 1 heterocycles. The van der Waals surface area contributed by atoms with Gasteiger partial charge >= 0.3 is 0 Å². The molecule has 152 valence electrons. The molecule has 29 heavy (non-hydrogen) atoms. The summed E-state index contributed by atoms with van der Waals surface area (Å²) in [4.78, 5) is 16.7. The lowest BCUT2D eigenvalue weighted by Gasteiger charge is -2.15. The van der Waals surface area contributed by atoms with E-state index in [-0.39, 0.29) is 25.1 Å². The molecule has 1 amide bonds. The van der Waals surface area contributed by atoms with Crippen molar-refractivity contribution in [1.29, 1.82) is 0 Å². The first-order chi connectivity index (χ1) is 14.1. The van der Waals surface area contributed by atoms with Crippen molar-refractivity contribution in [2.75, 3.05) is 25.5 Å². The monoisotopic (exact) mass is 398 g/mol. The topological polar surface area (TPSA) is 102 Å². The number of carbonyl (C=O) groups is 1. The number of halogens is 1. The molecule has 2 aromatic carbocycles. The van der Waals surface area contributed by atoms with E-state index in [9.17, 15) is 9.18 Å². The number of oxazole rings is 1. The van der Waals surface area contributed by atoms with E-state index < -0.39 is 6.04 Å². The van der Waals surface area contributed by atoms with Crippen molar-refractivity contribution >= 4 is 23.0 Å². The molecule has 1 atom stereocenters. The van der Waals surface area contributed by atoms with Gasteiger partial charge in [0, 0.05) is 31.7 Å². The van der Waals surface area contributed by atoms with Crippen LogP contribution in [0.3, 0.4) is 0 Å². The minimum Gasteiger partial charge on any atom is -0.489 e. The fourth-order valence-electron chi connectivity index (χ4n) is 2.75. The predicted octanol–water partition coefficient (Wildman–Crippen LogP) is 2.79. The number of benzene rings is 2. The molecule has 1 aromatic heterocycles. The number of nitrogens with two attached hydrogens (primary N) is 1. The van der Waals surface area contributed by atoms with Gasteiger partial charge in [-0.15, -0.1) is 0 Å². The fourth-order valence-corrected chi connectivity index (χ4v) is 2.75. The van der Waals surface area contributed by atoms with Crippen LogP contribution in [0.1, 0.15) is 5.56 Å². The SMILES string of the molecule is CNC(=O)C(Cc1ccccc1)Nc1nc2ccc(OCC(=CF)CN)cc2o1. The molecular weight excluding hydrogens is 375 g/mol. The molecule has 0 saturated carbocycles. The number of ether oxygens (including phenoxy) is 1. The maximum atomic E-state index is 12.6. The highest BCUT2D eigenvalue weighted by molar-refractivity contribution is 5.84. The van der Waals surface area contributed by atoms with E-state index in [4.69, 9.17) is 14.9 Å². The summed E-state index contributed by atoms with van der Waals surface area (Å²) in [7, 11) is 1.58. The second-order valence-corrected chi connectivity index (χ2v) is 6.41. The largest absolute Gasteiger partial charge is 0.489 e. The smallest absolute Gasteiger partial charge is 0.296 e. The van der Waals surface area contributed by atoms with Crippen LogP contribution < -0.4 is 21.1 Å². The van der Waals surface area contributed by atoms with Crippen molar-refractivity contribution < 1.29 is 18.3 Å². The van der Waals surface area contributed by atoms with Crippen LogP contribution in [-0.4, -0.2) is 37.1 Å². The number of anilines is 1. The first-order valence-electron chi connectivity index (χ1n) is 9.16. The fraction of sp³-hybridized carbons (Fsp3) is 0.238. The first kappa shape index (κ1) is 20.3. The normalized spacial score (nSPS) is 12.6. The van der Waals surface area contributed by atoms with E-state index in [1.165, 1.54) is 0 Å². The summed E-state index contributed by atoms with van der Waals surface area (Å²) in [6, 6.07) is 14.5. The van der Waals surface area contributed by atoms with Gasteiger partial charge in [-0.05, 0) is 17.7 Å². The number of nitrogens with one attached hydrogen (secondary N) is 2. The molecule has 3 aromatic rings. The molecule has 1 unspecified atom stereocenters. The van der Waals surface area contributed by atoms with Crippen LogP contribution in [-0.2, 0) is 11.2 Å². The predicted molar refractivity (Wildman–Crippen MR) is 109 cm³/mol. The van der Waals surface area contributed by atoms with Crippen LogP contribution in [0, 0.1) is 0 Å². The maximum absolute atomic E-state index is 12.6. The standard InChI is InChI=1S/C21H23FN4O3/c1-24-20(27)18(9-14-5-3-2-4-6-14)26-21-25-17-8-7-16(10-19(17)29-21)28-13-15(11-22)12-23/h2-8,10-11,18H,9,12-13,23H2,1H3,(H,24,27)(H,25,26). The van der Waals surface area contributed by atoms with Gasteiger partial charge in [0.25, 0.3) is 6.01 Å². The van der Waals surface area contributed by atoms with Crippen LogP contribution in [0.25, 0.3) is 11.1 Å². The molecule has 0 saturated heterocycles. The molecule has 0 fully saturated rings. The number of amides is 1. The number of aromatic nitrogens is 1. The van der Waals surface area contributed by atoms with Crippen molar-refractivity contribution in [3.05, 3.63) is 66.0 Å². The summed E-state index contributed by atoms with van der Waals surface area (Å²) < 4.78 is 23.9. The van der Waals surface area contributed by atoms with Crippen LogP contribution in [0.2, 0.25) is 0 Å². The zero-order chi connectivity index (χ0) is 20.6. The number of fused-ring (bicyclic) bond motifs is 1. The molecule has 0 bridgehead atoms. The Morgan fingerprint density at radius 2 is 2.10 bits per heavy atom. The summed E-state index contributed by atoms with van der Waals surface area (Å²) in [5.74, 6) is 0.326. The van der Waals surface area contributed by atoms with E-state index in [2.05, 4.69) is 15.6 Å². The molecule has 0 aliphatic carbocycles. The van der Waals surface area contributed by atoms with Gasteiger partial charge < -0.3 is 25.5 Å². The van der Waals surface area contributed by atoms with E-state index in [0.717, 1.165) is 5.56 Å². The van der Waals surface area contributed by atoms with Gasteiger partial charge in [0.05, 0.1) is 6.33 Å². The number of rotatable bonds is 9. The number of nitrogens with zero attached hydrogens (tertiary/aromatic N) is 1. The Morgan fingerprint density at radius 3 is 2.79 bits per heavy atom. The van der Waals surface area contributed by atoms with Gasteiger partial charge in [-0.2, -0.15) is 4.98 Å². The third-order valence-corrected chi connectivity index (χ3v) is 4.34. The lowest BCUT2D eigenvalue weighted by atomic mass is 10.1. The van der Waals surface area contributed by atoms with Crippen LogP contribution in [0.5, 0.6) is 5.75 Å². The Bertz CT molecular complexity index is 988. The number of likely N-dealkylation sites (N-methyl/N-ethyl adjacent to an activating group) is 1. The average Bonchev–Trinajstić information content (AvgIpc) is 3.15. The molecule has 4 N–H and O–H groups in total. The van der Waals surface area contributed by atoms with Gasteiger partial charge in [0.15, 0.2) is 5.58 Å². The van der Waals surface area contributed by atoms with E-state index >= 15 is 0 Å². The summed E-state index contributed by atoms with van der Waals surface area (Å²) in [6.45, 7) is 0.130. The van der Waals surface area contributed by atoms with E-state index in [1.54, 1.807) is 25.2 Å². The number of hydrogen-bond donors (Lipinski definition) is 3. The highest BCUT2D eigenvalue weighted by Gasteiger charge is 2.20. The second-order valence-electron chi connectivity index (χ2n) is 6.41. The number of hydrogen-bond acceptors (Lipinski definition) is 6. The Morgan fingerprint density at radius 1 is 1.31 bits per heavy atom. The zero-order valence-electron chi connectivity index (χ0n) is 16.0. The molecule has 7 nitrogen and oxygen atoms in total. The van der Waals surface area contributed by atoms with Gasteiger partial charge in [0.2, 0.25) is 5.91 Å². The summed E-state index contributed by atoms with van der Waals surface area (Å²) in [6.07, 6.45) is 0.922. The summed E-state index contributed by atoms with van der Waals surface area (Å²) >= 11 is 0. The quantitative estimate of drug-likeness (QED) is 0.512. The molecule has 0 spiro atoms. The van der Waals surface area contributed by atoms with Crippen molar-refractivity contribution in [2.24, 2.45) is 5.73 Å². The lowest BCUT2D eigenvalue weighted by molar-refractivity contribution is -0.121. The Labute approximate surface area is 167 Å². The lowest BCUT2D eigenvalue weighted by Crippen LogP contribution is -2.39. The second kappa shape index (κ2) is 9.70. The Kier molecular flexibility index (Phi) is 6.80. The summed E-state index contributed by atoms with van der Waals surface area (Å²) in [5.41, 5.74) is 7.87. The first-order valence-corrected chi connectivity index (χ1v) is 9.16. The molecule has 0 aliphatic heterocycles. The third-order valence-electron chi connectivity index (χ3n) is 4.34. The highest BCUT2D eigenvalue weighted by Crippen LogP contribution is 2.25. The van der Waals surface area contributed by atoms with E-state index in [0.29, 0.717) is 35.2 Å². The molecule has 0 radical (unpaired) electrons.